The minimum Gasteiger partial charge on any atom is -0.497 e. The van der Waals surface area contributed by atoms with Gasteiger partial charge in [-0.3, -0.25) is 4.79 Å². The summed E-state index contributed by atoms with van der Waals surface area (Å²) in [6, 6.07) is 7.81. The first-order valence-corrected chi connectivity index (χ1v) is 12.0. The molecule has 2 unspecified atom stereocenters. The van der Waals surface area contributed by atoms with Crippen LogP contribution in [0.3, 0.4) is 0 Å². The molecule has 0 aliphatic heterocycles. The molecule has 2 atom stereocenters. The highest BCUT2D eigenvalue weighted by molar-refractivity contribution is 8.00. The Balaban J connectivity index is 1.71. The summed E-state index contributed by atoms with van der Waals surface area (Å²) in [4.78, 5) is 12.6. The molecular formula is C23H34N4O3S. The minimum atomic E-state index is -0.281. The third kappa shape index (κ3) is 6.38. The van der Waals surface area contributed by atoms with E-state index >= 15 is 0 Å². The van der Waals surface area contributed by atoms with Crippen LogP contribution >= 0.6 is 11.8 Å². The van der Waals surface area contributed by atoms with Gasteiger partial charge in [0.25, 0.3) is 0 Å². The zero-order chi connectivity index (χ0) is 22.4. The van der Waals surface area contributed by atoms with Crippen LogP contribution in [0.2, 0.25) is 0 Å². The Morgan fingerprint density at radius 1 is 1.13 bits per heavy atom. The smallest absolute Gasteiger partial charge is 0.233 e. The Morgan fingerprint density at radius 2 is 1.77 bits per heavy atom. The summed E-state index contributed by atoms with van der Waals surface area (Å²) in [6.45, 7) is 8.97. The molecule has 31 heavy (non-hydrogen) atoms. The third-order valence-corrected chi connectivity index (χ3v) is 6.46. The molecule has 1 N–H and O–H groups in total. The van der Waals surface area contributed by atoms with Gasteiger partial charge in [0.2, 0.25) is 5.91 Å². The first-order chi connectivity index (χ1) is 14.9. The maximum absolute atomic E-state index is 12.6. The van der Waals surface area contributed by atoms with Crippen LogP contribution in [0.1, 0.15) is 65.3 Å². The lowest BCUT2D eigenvalue weighted by molar-refractivity contribution is -0.120. The molecular weight excluding hydrogens is 412 g/mol. The summed E-state index contributed by atoms with van der Waals surface area (Å²) in [5.41, 5.74) is 0. The number of nitrogens with zero attached hydrogens (tertiary/aromatic N) is 3. The Kier molecular flexibility index (Phi) is 8.23. The number of hydrogen-bond donors (Lipinski definition) is 1. The first kappa shape index (κ1) is 23.4. The Labute approximate surface area is 189 Å². The van der Waals surface area contributed by atoms with E-state index in [1.807, 2.05) is 38.1 Å². The molecule has 0 saturated heterocycles. The van der Waals surface area contributed by atoms with Crippen molar-refractivity contribution in [3.63, 3.8) is 0 Å². The van der Waals surface area contributed by atoms with Crippen molar-refractivity contribution in [1.29, 1.82) is 0 Å². The standard InChI is InChI=1S/C23H34N4O3S/c1-15(2)14-27-21(16(3)30-20-12-10-19(29-5)11-13-20)25-26-23(27)31-17(4)22(28)24-18-8-6-7-9-18/h10-13,15-18H,6-9,14H2,1-5H3,(H,24,28). The monoisotopic (exact) mass is 446 g/mol. The number of aromatic nitrogens is 3. The fourth-order valence-corrected chi connectivity index (χ4v) is 4.61. The molecule has 8 heteroatoms. The second kappa shape index (κ2) is 10.9. The highest BCUT2D eigenvalue weighted by Crippen LogP contribution is 2.29. The molecule has 1 aliphatic carbocycles. The zero-order valence-electron chi connectivity index (χ0n) is 19.1. The van der Waals surface area contributed by atoms with Crippen molar-refractivity contribution in [3.8, 4) is 11.5 Å². The molecule has 7 nitrogen and oxygen atoms in total. The molecule has 1 aromatic carbocycles. The molecule has 1 amide bonds. The predicted molar refractivity (Wildman–Crippen MR) is 123 cm³/mol. The summed E-state index contributed by atoms with van der Waals surface area (Å²) in [7, 11) is 1.64. The van der Waals surface area contributed by atoms with Crippen molar-refractivity contribution in [2.75, 3.05) is 7.11 Å². The van der Waals surface area contributed by atoms with E-state index in [0.717, 1.165) is 41.9 Å². The molecule has 170 valence electrons. The van der Waals surface area contributed by atoms with Crippen LogP contribution in [0.4, 0.5) is 0 Å². The van der Waals surface area contributed by atoms with Gasteiger partial charge in [-0.15, -0.1) is 10.2 Å². The van der Waals surface area contributed by atoms with E-state index < -0.39 is 0 Å². The van der Waals surface area contributed by atoms with Crippen molar-refractivity contribution in [1.82, 2.24) is 20.1 Å². The van der Waals surface area contributed by atoms with E-state index in [4.69, 9.17) is 9.47 Å². The van der Waals surface area contributed by atoms with Crippen LogP contribution < -0.4 is 14.8 Å². The topological polar surface area (TPSA) is 78.3 Å². The molecule has 0 bridgehead atoms. The number of nitrogens with one attached hydrogen (secondary N) is 1. The maximum Gasteiger partial charge on any atom is 0.233 e. The van der Waals surface area contributed by atoms with Crippen LogP contribution in [0, 0.1) is 5.92 Å². The molecule has 0 spiro atoms. The fourth-order valence-electron chi connectivity index (χ4n) is 3.74. The minimum absolute atomic E-state index is 0.0695. The van der Waals surface area contributed by atoms with Gasteiger partial charge < -0.3 is 19.4 Å². The van der Waals surface area contributed by atoms with Gasteiger partial charge in [0.15, 0.2) is 17.1 Å². The number of rotatable bonds is 10. The Hall–Kier alpha value is -2.22. The number of amides is 1. The van der Waals surface area contributed by atoms with E-state index in [-0.39, 0.29) is 17.3 Å². The summed E-state index contributed by atoms with van der Waals surface area (Å²) in [5, 5.41) is 12.5. The zero-order valence-corrected chi connectivity index (χ0v) is 19.9. The number of ether oxygens (including phenoxy) is 2. The number of methoxy groups -OCH3 is 1. The van der Waals surface area contributed by atoms with E-state index in [1.54, 1.807) is 7.11 Å². The van der Waals surface area contributed by atoms with Crippen molar-refractivity contribution < 1.29 is 14.3 Å². The number of benzene rings is 1. The average molecular weight is 447 g/mol. The normalized spacial score (nSPS) is 16.3. The van der Waals surface area contributed by atoms with Gasteiger partial charge in [-0.25, -0.2) is 0 Å². The molecule has 3 rings (SSSR count). The quantitative estimate of drug-likeness (QED) is 0.537. The Morgan fingerprint density at radius 3 is 2.39 bits per heavy atom. The van der Waals surface area contributed by atoms with Crippen LogP contribution in [0.25, 0.3) is 0 Å². The molecule has 2 aromatic rings. The largest absolute Gasteiger partial charge is 0.497 e. The molecule has 1 aromatic heterocycles. The van der Waals surface area contributed by atoms with Crippen molar-refractivity contribution in [2.45, 2.75) is 82.5 Å². The number of carbonyl (C=O) groups excluding carboxylic acids is 1. The van der Waals surface area contributed by atoms with Crippen molar-refractivity contribution in [3.05, 3.63) is 30.1 Å². The predicted octanol–water partition coefficient (Wildman–Crippen LogP) is 4.62. The van der Waals surface area contributed by atoms with E-state index in [9.17, 15) is 4.79 Å². The van der Waals surface area contributed by atoms with Crippen LogP contribution in [-0.4, -0.2) is 39.1 Å². The van der Waals surface area contributed by atoms with Gasteiger partial charge in [-0.05, 0) is 56.9 Å². The summed E-state index contributed by atoms with van der Waals surface area (Å²) >= 11 is 1.46. The lowest BCUT2D eigenvalue weighted by Crippen LogP contribution is -2.37. The SMILES string of the molecule is COc1ccc(OC(C)c2nnc(SC(C)C(=O)NC3CCCC3)n2CC(C)C)cc1. The van der Waals surface area contributed by atoms with Gasteiger partial charge in [0, 0.05) is 12.6 Å². The van der Waals surface area contributed by atoms with Crippen molar-refractivity contribution >= 4 is 17.7 Å². The van der Waals surface area contributed by atoms with Gasteiger partial charge in [-0.2, -0.15) is 0 Å². The van der Waals surface area contributed by atoms with Gasteiger partial charge in [0.1, 0.15) is 11.5 Å². The highest BCUT2D eigenvalue weighted by atomic mass is 32.2. The lowest BCUT2D eigenvalue weighted by Gasteiger charge is -2.19. The van der Waals surface area contributed by atoms with Gasteiger partial charge in [0.05, 0.1) is 12.4 Å². The summed E-state index contributed by atoms with van der Waals surface area (Å²) < 4.78 is 13.4. The maximum atomic E-state index is 12.6. The molecule has 1 fully saturated rings. The third-order valence-electron chi connectivity index (χ3n) is 5.38. The van der Waals surface area contributed by atoms with Gasteiger partial charge >= 0.3 is 0 Å². The van der Waals surface area contributed by atoms with E-state index in [1.165, 1.54) is 24.6 Å². The number of carbonyl (C=O) groups is 1. The number of thioether (sulfide) groups is 1. The van der Waals surface area contributed by atoms with E-state index in [0.29, 0.717) is 12.0 Å². The highest BCUT2D eigenvalue weighted by Gasteiger charge is 2.25. The van der Waals surface area contributed by atoms with Gasteiger partial charge in [-0.1, -0.05) is 38.5 Å². The molecule has 1 aliphatic rings. The summed E-state index contributed by atoms with van der Waals surface area (Å²) in [5.74, 6) is 2.76. The van der Waals surface area contributed by atoms with Crippen molar-refractivity contribution in [2.24, 2.45) is 5.92 Å². The van der Waals surface area contributed by atoms with Crippen LogP contribution in [-0.2, 0) is 11.3 Å². The van der Waals surface area contributed by atoms with E-state index in [2.05, 4.69) is 33.9 Å². The molecule has 0 radical (unpaired) electrons. The average Bonchev–Trinajstić information content (AvgIpc) is 3.38. The number of hydrogen-bond acceptors (Lipinski definition) is 6. The van der Waals surface area contributed by atoms with Crippen LogP contribution in [0.15, 0.2) is 29.4 Å². The Bertz CT molecular complexity index is 847. The molecule has 1 saturated carbocycles. The summed E-state index contributed by atoms with van der Waals surface area (Å²) in [6.07, 6.45) is 4.28. The fraction of sp³-hybridized carbons (Fsp3) is 0.609. The second-order valence-corrected chi connectivity index (χ2v) is 9.84. The second-order valence-electron chi connectivity index (χ2n) is 8.53. The lowest BCUT2D eigenvalue weighted by atomic mass is 10.2. The van der Waals surface area contributed by atoms with Crippen LogP contribution in [0.5, 0.6) is 11.5 Å². The molecule has 1 heterocycles. The first-order valence-electron chi connectivity index (χ1n) is 11.1.